The van der Waals surface area contributed by atoms with Crippen molar-refractivity contribution in [2.75, 3.05) is 31.9 Å². The van der Waals surface area contributed by atoms with Gasteiger partial charge in [0.25, 0.3) is 6.29 Å². The SMILES string of the molecule is CCCCCCCCCCCC1c2cc3c4cc2OC(c2ccc(I)cc2)Oc2cc5c(cc21)C(CCCCCCCCCCC)c1cc2c(cc1-c1cc(NC(=O)CC)c(NC(=O)CC)cc1-5)-c1cc(NC(=O)CC)c(NC(=O)CC)cc1-c1cc(c(cc1C2CCCCCCCCCCC)C3CCCCCCCCCCC)-c1cc(NC(=O)CC)c(NC(=O)CC)cc1-4. The second-order valence-electron chi connectivity index (χ2n) is 38.0. The van der Waals surface area contributed by atoms with E-state index in [0.29, 0.717) is 34.1 Å². The summed E-state index contributed by atoms with van der Waals surface area (Å²) in [6, 6.07) is 41.5. The van der Waals surface area contributed by atoms with Crippen LogP contribution in [0.1, 0.15) is 445 Å². The maximum Gasteiger partial charge on any atom is 0.267 e. The van der Waals surface area contributed by atoms with Gasteiger partial charge in [-0.2, -0.15) is 0 Å². The molecule has 1 heterocycles. The van der Waals surface area contributed by atoms with Gasteiger partial charge in [-0.1, -0.05) is 337 Å². The fourth-order valence-corrected chi connectivity index (χ4v) is 21.5. The molecule has 0 saturated heterocycles. The Morgan fingerprint density at radius 3 is 0.638 bits per heavy atom. The predicted molar refractivity (Wildman–Crippen MR) is 550 cm³/mol. The summed E-state index contributed by atoms with van der Waals surface area (Å²) in [6.07, 6.45) is 45.8. The molecule has 6 N–H and O–H groups in total. The lowest BCUT2D eigenvalue weighted by Gasteiger charge is -2.34. The van der Waals surface area contributed by atoms with Crippen LogP contribution in [0.5, 0.6) is 11.5 Å². The number of hydrogen-bond donors (Lipinski definition) is 6. The zero-order valence-corrected chi connectivity index (χ0v) is 82.6. The third kappa shape index (κ3) is 24.3. The number of hydrogen-bond acceptors (Lipinski definition) is 8. The van der Waals surface area contributed by atoms with Crippen LogP contribution in [0.4, 0.5) is 34.1 Å². The van der Waals surface area contributed by atoms with Crippen molar-refractivity contribution in [3.8, 4) is 78.3 Å². The van der Waals surface area contributed by atoms with Gasteiger partial charge in [0.05, 0.1) is 34.1 Å². The predicted octanol–water partition coefficient (Wildman–Crippen LogP) is 33.3. The molecule has 8 aromatic carbocycles. The monoisotopic (exact) mass is 1870 g/mol. The highest BCUT2D eigenvalue weighted by Gasteiger charge is 2.42. The number of carbonyl (C=O) groups is 6. The van der Waals surface area contributed by atoms with E-state index in [4.69, 9.17) is 9.47 Å². The average Bonchev–Trinajstić information content (AvgIpc) is 1.54. The first-order chi connectivity index (χ1) is 63.5. The first-order valence-electron chi connectivity index (χ1n) is 51.6. The molecule has 1 aliphatic heterocycles. The third-order valence-corrected chi connectivity index (χ3v) is 29.3. The lowest BCUT2D eigenvalue weighted by atomic mass is 9.74. The second kappa shape index (κ2) is 49.1. The summed E-state index contributed by atoms with van der Waals surface area (Å²) < 4.78 is 17.1. The van der Waals surface area contributed by atoms with Crippen LogP contribution in [0.2, 0.25) is 0 Å². The van der Waals surface area contributed by atoms with Crippen molar-refractivity contribution in [1.29, 1.82) is 0 Å². The van der Waals surface area contributed by atoms with Gasteiger partial charge in [0.15, 0.2) is 0 Å². The van der Waals surface area contributed by atoms with Gasteiger partial charge in [-0.3, -0.25) is 28.8 Å². The van der Waals surface area contributed by atoms with E-state index in [-0.39, 0.29) is 97.6 Å². The number of amides is 6. The molecule has 14 nitrogen and oxygen atoms in total. The number of benzene rings is 8. The number of fused-ring (bicyclic) bond motifs is 9. The number of unbranched alkanes of at least 4 members (excludes halogenated alkanes) is 32. The molecule has 0 fully saturated rings. The fraction of sp³-hybridized carbons (Fsp3) is 0.530. The van der Waals surface area contributed by atoms with Crippen molar-refractivity contribution in [3.05, 3.63) is 163 Å². The van der Waals surface area contributed by atoms with Crippen LogP contribution < -0.4 is 41.4 Å². The molecule has 0 spiro atoms. The molecule has 6 amide bonds. The van der Waals surface area contributed by atoms with Crippen LogP contribution in [-0.2, 0) is 28.8 Å². The third-order valence-electron chi connectivity index (χ3n) is 28.6. The van der Waals surface area contributed by atoms with E-state index >= 15 is 0 Å². The van der Waals surface area contributed by atoms with E-state index in [1.54, 1.807) is 0 Å². The van der Waals surface area contributed by atoms with E-state index in [9.17, 15) is 28.8 Å². The molecule has 8 aromatic rings. The van der Waals surface area contributed by atoms with E-state index in [2.05, 4.69) is 191 Å². The van der Waals surface area contributed by atoms with Crippen LogP contribution in [0.3, 0.4) is 0 Å². The Hall–Kier alpha value is -9.09. The molecule has 5 aliphatic rings. The molecule has 130 heavy (non-hydrogen) atoms. The number of carbonyl (C=O) groups excluding carboxylic acids is 6. The molecule has 13 rings (SSSR count). The smallest absolute Gasteiger partial charge is 0.267 e. The minimum atomic E-state index is -0.966. The molecule has 2 unspecified atom stereocenters. The van der Waals surface area contributed by atoms with Gasteiger partial charge in [-0.05, 0) is 221 Å². The van der Waals surface area contributed by atoms with E-state index in [0.717, 1.165) is 201 Å². The normalized spacial score (nSPS) is 15.5. The lowest BCUT2D eigenvalue weighted by molar-refractivity contribution is -0.116. The largest absolute Gasteiger partial charge is 0.450 e. The van der Waals surface area contributed by atoms with Crippen molar-refractivity contribution in [2.45, 2.75) is 395 Å². The Morgan fingerprint density at radius 2 is 0.423 bits per heavy atom. The van der Waals surface area contributed by atoms with E-state index in [1.807, 2.05) is 41.5 Å². The van der Waals surface area contributed by atoms with Gasteiger partial charge in [0, 0.05) is 82.5 Å². The van der Waals surface area contributed by atoms with Gasteiger partial charge in [0.1, 0.15) is 11.5 Å². The van der Waals surface area contributed by atoms with Crippen LogP contribution >= 0.6 is 22.6 Å². The van der Waals surface area contributed by atoms with E-state index < -0.39 is 6.29 Å². The standard InChI is InChI=1S/C115H151IN6O8/c1-11-21-25-29-33-37-41-45-49-53-77-81-61-83-78(54-50-46-42-38-34-30-26-22-12-2)85-65-99-80(56-52-48-44-40-36-32-28-24-14-4)100-66-86-79(55-51-47-43-39-35-31-27-23-13-3)84-62-82(77)88-64-90(84)94-70-104(120-112(126)18-8)106(122-114(128)20-10)72-96(94)98(86)74-108(100)130-115(75-57-59-76(116)60-58-75)129-107(99)73-97(85)95-71-105(121-113(127)19-9)103(119-111(125)17-7)69-93(95)89(83)63-87(81)91-67-101(117-109(123)15-5)102(68-92(88)91)118-110(124)16-6/h57-74,77-80,115H,11-56H2,1-10H3,(H,117,123)(H,118,124)(H,119,125)(H,120,126)(H,121,127)(H,122,128). The summed E-state index contributed by atoms with van der Waals surface area (Å²) in [5.41, 5.74) is 24.6. The van der Waals surface area contributed by atoms with Crippen molar-refractivity contribution in [3.63, 3.8) is 0 Å². The molecule has 0 aromatic heterocycles. The summed E-state index contributed by atoms with van der Waals surface area (Å²) in [7, 11) is 0. The van der Waals surface area contributed by atoms with Gasteiger partial charge in [0.2, 0.25) is 35.4 Å². The fourth-order valence-electron chi connectivity index (χ4n) is 21.1. The summed E-state index contributed by atoms with van der Waals surface area (Å²) in [5.74, 6) is -0.513. The van der Waals surface area contributed by atoms with E-state index in [1.165, 1.54) is 187 Å². The number of ether oxygens (including phenoxy) is 2. The molecule has 8 bridgehead atoms. The van der Waals surface area contributed by atoms with Gasteiger partial charge in [-0.15, -0.1) is 0 Å². The molecular formula is C115H151IN6O8. The van der Waals surface area contributed by atoms with Crippen molar-refractivity contribution in [2.24, 2.45) is 0 Å². The van der Waals surface area contributed by atoms with Crippen molar-refractivity contribution in [1.82, 2.24) is 0 Å². The van der Waals surface area contributed by atoms with Gasteiger partial charge >= 0.3 is 0 Å². The topological polar surface area (TPSA) is 193 Å². The summed E-state index contributed by atoms with van der Waals surface area (Å²) in [4.78, 5) is 86.5. The Labute approximate surface area is 792 Å². The number of anilines is 6. The van der Waals surface area contributed by atoms with Crippen molar-refractivity contribution < 1.29 is 38.2 Å². The molecule has 0 saturated carbocycles. The number of halogens is 1. The van der Waals surface area contributed by atoms with Crippen molar-refractivity contribution >= 4 is 92.2 Å². The Morgan fingerprint density at radius 1 is 0.231 bits per heavy atom. The molecule has 0 radical (unpaired) electrons. The first kappa shape index (κ1) is 98.4. The number of rotatable bonds is 53. The highest BCUT2D eigenvalue weighted by atomic mass is 127. The molecule has 4 aliphatic carbocycles. The minimum absolute atomic E-state index is 0.178. The summed E-state index contributed by atoms with van der Waals surface area (Å²) >= 11 is 2.39. The molecule has 696 valence electrons. The zero-order valence-electron chi connectivity index (χ0n) is 80.4. The van der Waals surface area contributed by atoms with Crippen LogP contribution in [0, 0.1) is 3.57 Å². The minimum Gasteiger partial charge on any atom is -0.450 e. The summed E-state index contributed by atoms with van der Waals surface area (Å²) in [5, 5.41) is 20.1. The van der Waals surface area contributed by atoms with Crippen LogP contribution in [0.25, 0.3) is 66.8 Å². The molecule has 15 heteroatoms. The van der Waals surface area contributed by atoms with Gasteiger partial charge in [-0.25, -0.2) is 0 Å². The Kier molecular flexibility index (Phi) is 37.1. The number of nitrogens with one attached hydrogen (secondary N) is 6. The quantitative estimate of drug-likeness (QED) is 0.0160. The first-order valence-corrected chi connectivity index (χ1v) is 52.7. The molecular weight excluding hydrogens is 1720 g/mol. The highest BCUT2D eigenvalue weighted by Crippen LogP contribution is 2.62. The highest BCUT2D eigenvalue weighted by molar-refractivity contribution is 14.1. The van der Waals surface area contributed by atoms with Crippen LogP contribution in [-0.4, -0.2) is 35.4 Å². The maximum absolute atomic E-state index is 14.5. The Bertz CT molecular complexity index is 4960. The van der Waals surface area contributed by atoms with Crippen LogP contribution in [0.15, 0.2) is 109 Å². The lowest BCUT2D eigenvalue weighted by Crippen LogP contribution is -2.22. The average molecular weight is 1870 g/mol. The molecule has 2 atom stereocenters. The van der Waals surface area contributed by atoms with Gasteiger partial charge < -0.3 is 41.4 Å². The summed E-state index contributed by atoms with van der Waals surface area (Å²) in [6.45, 7) is 20.3. The zero-order chi connectivity index (χ0) is 91.6. The Balaban J connectivity index is 1.22. The maximum atomic E-state index is 14.5. The second-order valence-corrected chi connectivity index (χ2v) is 39.3.